The molecule has 0 saturated carbocycles. The number of rotatable bonds is 4. The first kappa shape index (κ1) is 9.65. The molecule has 0 radical (unpaired) electrons. The van der Waals surface area contributed by atoms with Crippen LogP contribution in [-0.4, -0.2) is 32.5 Å². The molecule has 0 aromatic carbocycles. The highest BCUT2D eigenvalue weighted by Gasteiger charge is 1.90. The lowest BCUT2D eigenvalue weighted by atomic mass is 10.4. The molecule has 0 aliphatic rings. The normalized spacial score (nSPS) is 9.00. The number of ether oxygens (including phenoxy) is 2. The first-order chi connectivity index (χ1) is 4.81. The van der Waals surface area contributed by atoms with Crippen LogP contribution in [0.4, 0.5) is 0 Å². The van der Waals surface area contributed by atoms with E-state index in [4.69, 9.17) is 21.7 Å². The lowest BCUT2D eigenvalue weighted by Gasteiger charge is -2.04. The Morgan fingerprint density at radius 1 is 1.50 bits per heavy atom. The minimum atomic E-state index is 0.441. The lowest BCUT2D eigenvalue weighted by molar-refractivity contribution is 0.195. The van der Waals surface area contributed by atoms with Crippen LogP contribution in [0.25, 0.3) is 0 Å². The molecular formula is C6H13NO2S. The van der Waals surface area contributed by atoms with Gasteiger partial charge in [-0.25, -0.2) is 0 Å². The molecular weight excluding hydrogens is 150 g/mol. The first-order valence-electron chi connectivity index (χ1n) is 3.12. The van der Waals surface area contributed by atoms with Gasteiger partial charge in [0.25, 0.3) is 5.17 Å². The molecule has 0 aliphatic heterocycles. The van der Waals surface area contributed by atoms with E-state index in [-0.39, 0.29) is 0 Å². The molecule has 60 valence electrons. The van der Waals surface area contributed by atoms with Crippen LogP contribution in [-0.2, 0) is 9.47 Å². The molecule has 3 nitrogen and oxygen atoms in total. The van der Waals surface area contributed by atoms with Crippen LogP contribution in [0.2, 0.25) is 0 Å². The Balaban J connectivity index is 2.96. The number of thiocarbonyl (C=S) groups is 1. The third kappa shape index (κ3) is 5.78. The molecule has 0 aliphatic carbocycles. The fourth-order valence-corrected chi connectivity index (χ4v) is 0.581. The van der Waals surface area contributed by atoms with Crippen molar-refractivity contribution in [3.63, 3.8) is 0 Å². The average molecular weight is 163 g/mol. The van der Waals surface area contributed by atoms with E-state index in [2.05, 4.69) is 5.32 Å². The molecule has 1 N–H and O–H groups in total. The van der Waals surface area contributed by atoms with E-state index < -0.39 is 0 Å². The van der Waals surface area contributed by atoms with E-state index in [1.807, 2.05) is 0 Å². The van der Waals surface area contributed by atoms with Gasteiger partial charge in [0.15, 0.2) is 0 Å². The van der Waals surface area contributed by atoms with Gasteiger partial charge < -0.3 is 14.8 Å². The number of nitrogens with one attached hydrogen (secondary N) is 1. The third-order valence-electron chi connectivity index (χ3n) is 0.980. The summed E-state index contributed by atoms with van der Waals surface area (Å²) in [4.78, 5) is 0. The van der Waals surface area contributed by atoms with Crippen LogP contribution in [0.5, 0.6) is 0 Å². The quantitative estimate of drug-likeness (QED) is 0.484. The molecule has 0 unspecified atom stereocenters. The highest BCUT2D eigenvalue weighted by molar-refractivity contribution is 7.80. The second-order valence-corrected chi connectivity index (χ2v) is 2.14. The Morgan fingerprint density at radius 3 is 2.70 bits per heavy atom. The van der Waals surface area contributed by atoms with E-state index in [1.165, 1.54) is 0 Å². The summed E-state index contributed by atoms with van der Waals surface area (Å²) in [7, 11) is 3.22. The zero-order valence-corrected chi connectivity index (χ0v) is 7.16. The smallest absolute Gasteiger partial charge is 0.256 e. The molecule has 0 amide bonds. The largest absolute Gasteiger partial charge is 0.474 e. The fraction of sp³-hybridized carbons (Fsp3) is 0.833. The SMILES string of the molecule is COCCCNC(=S)OC. The molecule has 4 heteroatoms. The highest BCUT2D eigenvalue weighted by atomic mass is 32.1. The minimum absolute atomic E-state index is 0.441. The average Bonchev–Trinajstić information content (AvgIpc) is 1.98. The number of hydrogen-bond donors (Lipinski definition) is 1. The van der Waals surface area contributed by atoms with Gasteiger partial charge in [0.05, 0.1) is 7.11 Å². The molecule has 0 fully saturated rings. The van der Waals surface area contributed by atoms with Crippen LogP contribution >= 0.6 is 12.2 Å². The van der Waals surface area contributed by atoms with Gasteiger partial charge in [-0.1, -0.05) is 0 Å². The summed E-state index contributed by atoms with van der Waals surface area (Å²) < 4.78 is 9.54. The van der Waals surface area contributed by atoms with Crippen LogP contribution in [0.3, 0.4) is 0 Å². The van der Waals surface area contributed by atoms with Crippen LogP contribution in [0.15, 0.2) is 0 Å². The van der Waals surface area contributed by atoms with Crippen LogP contribution in [0, 0.1) is 0 Å². The van der Waals surface area contributed by atoms with E-state index in [0.717, 1.165) is 19.6 Å². The monoisotopic (exact) mass is 163 g/mol. The van der Waals surface area contributed by atoms with Crippen molar-refractivity contribution >= 4 is 17.4 Å². The van der Waals surface area contributed by atoms with E-state index in [1.54, 1.807) is 14.2 Å². The zero-order chi connectivity index (χ0) is 7.82. The van der Waals surface area contributed by atoms with Gasteiger partial charge in [0.1, 0.15) is 0 Å². The van der Waals surface area contributed by atoms with E-state index >= 15 is 0 Å². The molecule has 0 aromatic heterocycles. The topological polar surface area (TPSA) is 30.5 Å². The van der Waals surface area contributed by atoms with Crippen molar-refractivity contribution in [1.29, 1.82) is 0 Å². The Kier molecular flexibility index (Phi) is 6.53. The van der Waals surface area contributed by atoms with Gasteiger partial charge in [-0.15, -0.1) is 0 Å². The number of methoxy groups -OCH3 is 2. The Labute approximate surface area is 66.7 Å². The van der Waals surface area contributed by atoms with E-state index in [9.17, 15) is 0 Å². The second kappa shape index (κ2) is 6.77. The summed E-state index contributed by atoms with van der Waals surface area (Å²) >= 11 is 4.73. The molecule has 0 heterocycles. The Morgan fingerprint density at radius 2 is 2.20 bits per heavy atom. The van der Waals surface area contributed by atoms with E-state index in [0.29, 0.717) is 5.17 Å². The predicted molar refractivity (Wildman–Crippen MR) is 44.1 cm³/mol. The molecule has 0 rings (SSSR count). The van der Waals surface area contributed by atoms with Crippen molar-refractivity contribution in [2.24, 2.45) is 0 Å². The van der Waals surface area contributed by atoms with Gasteiger partial charge in [-0.05, 0) is 18.6 Å². The molecule has 0 bridgehead atoms. The summed E-state index contributed by atoms with van der Waals surface area (Å²) in [5, 5.41) is 3.34. The maximum absolute atomic E-state index is 4.83. The molecule has 0 saturated heterocycles. The van der Waals surface area contributed by atoms with Gasteiger partial charge in [0.2, 0.25) is 0 Å². The second-order valence-electron chi connectivity index (χ2n) is 1.76. The maximum Gasteiger partial charge on any atom is 0.256 e. The summed E-state index contributed by atoms with van der Waals surface area (Å²) in [5.74, 6) is 0. The minimum Gasteiger partial charge on any atom is -0.474 e. The van der Waals surface area contributed by atoms with Crippen molar-refractivity contribution in [2.45, 2.75) is 6.42 Å². The Hall–Kier alpha value is -0.350. The maximum atomic E-state index is 4.83. The summed E-state index contributed by atoms with van der Waals surface area (Å²) in [6.45, 7) is 1.56. The summed E-state index contributed by atoms with van der Waals surface area (Å²) in [5.41, 5.74) is 0. The van der Waals surface area contributed by atoms with Gasteiger partial charge in [-0.2, -0.15) is 0 Å². The van der Waals surface area contributed by atoms with Crippen molar-refractivity contribution in [1.82, 2.24) is 5.32 Å². The molecule has 0 atom stereocenters. The van der Waals surface area contributed by atoms with Crippen molar-refractivity contribution in [2.75, 3.05) is 27.4 Å². The van der Waals surface area contributed by atoms with Crippen LogP contribution in [0.1, 0.15) is 6.42 Å². The third-order valence-corrected chi connectivity index (χ3v) is 1.29. The lowest BCUT2D eigenvalue weighted by Crippen LogP contribution is -2.24. The summed E-state index contributed by atoms with van der Waals surface area (Å²) in [6, 6.07) is 0. The van der Waals surface area contributed by atoms with Crippen LogP contribution < -0.4 is 5.32 Å². The first-order valence-corrected chi connectivity index (χ1v) is 3.53. The van der Waals surface area contributed by atoms with Crippen molar-refractivity contribution < 1.29 is 9.47 Å². The molecule has 10 heavy (non-hydrogen) atoms. The standard InChI is InChI=1S/C6H13NO2S/c1-8-5-3-4-7-6(10)9-2/h3-5H2,1-2H3,(H,7,10). The van der Waals surface area contributed by atoms with Crippen molar-refractivity contribution in [3.8, 4) is 0 Å². The molecule has 0 aromatic rings. The Bertz CT molecular complexity index is 97.7. The fourth-order valence-electron chi connectivity index (χ4n) is 0.479. The zero-order valence-electron chi connectivity index (χ0n) is 6.35. The molecule has 0 spiro atoms. The van der Waals surface area contributed by atoms with Gasteiger partial charge in [0, 0.05) is 20.3 Å². The van der Waals surface area contributed by atoms with Gasteiger partial charge >= 0.3 is 0 Å². The van der Waals surface area contributed by atoms with Crippen molar-refractivity contribution in [3.05, 3.63) is 0 Å². The predicted octanol–water partition coefficient (Wildman–Crippen LogP) is 0.544. The number of hydrogen-bond acceptors (Lipinski definition) is 3. The van der Waals surface area contributed by atoms with Gasteiger partial charge in [-0.3, -0.25) is 0 Å². The highest BCUT2D eigenvalue weighted by Crippen LogP contribution is 1.78. The summed E-state index contributed by atoms with van der Waals surface area (Å²) in [6.07, 6.45) is 0.944.